The summed E-state index contributed by atoms with van der Waals surface area (Å²) >= 11 is 0. The Morgan fingerprint density at radius 2 is 1.92 bits per heavy atom. The number of nitrogens with one attached hydrogen (secondary N) is 1. The monoisotopic (exact) mass is 498 g/mol. The van der Waals surface area contributed by atoms with Gasteiger partial charge in [0.05, 0.1) is 22.1 Å². The number of aromatic amines is 1. The lowest BCUT2D eigenvalue weighted by atomic mass is 10.0. The van der Waals surface area contributed by atoms with E-state index in [9.17, 15) is 19.5 Å². The van der Waals surface area contributed by atoms with Crippen LogP contribution in [-0.4, -0.2) is 69.9 Å². The highest BCUT2D eigenvalue weighted by molar-refractivity contribution is 6.01. The number of H-pyrrole nitrogens is 1. The second-order valence-electron chi connectivity index (χ2n) is 8.84. The molecule has 12 nitrogen and oxygen atoms in total. The van der Waals surface area contributed by atoms with Crippen molar-refractivity contribution in [2.75, 3.05) is 19.7 Å². The number of amides is 1. The van der Waals surface area contributed by atoms with Crippen LogP contribution in [-0.2, 0) is 4.79 Å². The fraction of sp³-hybridized carbons (Fsp3) is 0.240. The third-order valence-electron chi connectivity index (χ3n) is 6.71. The van der Waals surface area contributed by atoms with Crippen molar-refractivity contribution in [2.45, 2.75) is 18.9 Å². The Balaban J connectivity index is 1.47. The Kier molecular flexibility index (Phi) is 5.57. The first-order valence-electron chi connectivity index (χ1n) is 11.8. The van der Waals surface area contributed by atoms with Crippen LogP contribution in [0.2, 0.25) is 0 Å². The highest BCUT2D eigenvalue weighted by Crippen LogP contribution is 2.28. The second kappa shape index (κ2) is 9.06. The fourth-order valence-electron chi connectivity index (χ4n) is 4.85. The second-order valence-corrected chi connectivity index (χ2v) is 8.84. The van der Waals surface area contributed by atoms with E-state index in [-0.39, 0.29) is 17.3 Å². The van der Waals surface area contributed by atoms with Crippen LogP contribution in [0.1, 0.15) is 18.9 Å². The maximum Gasteiger partial charge on any atom is 0.329 e. The number of hydrogen-bond acceptors (Lipinski definition) is 8. The molecule has 1 saturated heterocycles. The smallest absolute Gasteiger partial charge is 0.329 e. The van der Waals surface area contributed by atoms with E-state index in [1.165, 1.54) is 6.20 Å². The molecule has 1 aliphatic rings. The quantitative estimate of drug-likeness (QED) is 0.349. The average Bonchev–Trinajstić information content (AvgIpc) is 3.48. The molecular formula is C25H22N8O4. The van der Waals surface area contributed by atoms with Crippen molar-refractivity contribution in [2.24, 2.45) is 0 Å². The summed E-state index contributed by atoms with van der Waals surface area (Å²) in [6, 6.07) is 8.88. The number of carbonyl (C=O) groups is 1. The molecule has 0 atom stereocenters. The van der Waals surface area contributed by atoms with Crippen LogP contribution >= 0.6 is 0 Å². The fourth-order valence-corrected chi connectivity index (χ4v) is 4.85. The third kappa shape index (κ3) is 3.96. The van der Waals surface area contributed by atoms with Crippen molar-refractivity contribution in [3.8, 4) is 17.1 Å². The van der Waals surface area contributed by atoms with E-state index in [1.54, 1.807) is 38.8 Å². The zero-order valence-electron chi connectivity index (χ0n) is 19.6. The van der Waals surface area contributed by atoms with E-state index < -0.39 is 17.9 Å². The summed E-state index contributed by atoms with van der Waals surface area (Å²) in [7, 11) is 0. The van der Waals surface area contributed by atoms with Gasteiger partial charge in [0.15, 0.2) is 5.82 Å². The van der Waals surface area contributed by atoms with Gasteiger partial charge in [-0.25, -0.2) is 19.4 Å². The predicted molar refractivity (Wildman–Crippen MR) is 134 cm³/mol. The lowest BCUT2D eigenvalue weighted by molar-refractivity contribution is -0.135. The van der Waals surface area contributed by atoms with Gasteiger partial charge in [-0.3, -0.25) is 24.1 Å². The molecule has 186 valence electrons. The molecule has 5 aromatic heterocycles. The number of nitrogens with zero attached hydrogens (tertiary/aromatic N) is 7. The molecule has 2 N–H and O–H groups in total. The minimum Gasteiger partial charge on any atom is -0.387 e. The van der Waals surface area contributed by atoms with Crippen LogP contribution in [0.25, 0.3) is 39.0 Å². The summed E-state index contributed by atoms with van der Waals surface area (Å²) in [6.45, 7) is 0.243. The van der Waals surface area contributed by atoms with E-state index >= 15 is 0 Å². The first-order valence-corrected chi connectivity index (χ1v) is 11.8. The topological polar surface area (TPSA) is 152 Å². The standard InChI is InChI=1S/C25H22N8O4/c34-14-21(35)31-10-6-16(7-11-31)33-23-17(24(36)30-25(33)37)13-26-19-4-3-18(29-22(19)23)15-2-5-20(27-12-15)32-9-1-8-28-32/h1-5,8-9,12-13,16,34H,6-7,10-11,14H2,(H,30,36,37). The molecule has 1 amide bonds. The molecule has 0 spiro atoms. The van der Waals surface area contributed by atoms with Crippen molar-refractivity contribution in [1.29, 1.82) is 0 Å². The van der Waals surface area contributed by atoms with Crippen LogP contribution < -0.4 is 11.2 Å². The Morgan fingerprint density at radius 3 is 2.62 bits per heavy atom. The highest BCUT2D eigenvalue weighted by Gasteiger charge is 2.26. The Hall–Kier alpha value is -4.71. The van der Waals surface area contributed by atoms with Gasteiger partial charge in [0.25, 0.3) is 5.56 Å². The Labute approximate surface area is 208 Å². The number of fused-ring (bicyclic) bond motifs is 3. The van der Waals surface area contributed by atoms with Crippen LogP contribution in [0, 0.1) is 0 Å². The number of likely N-dealkylation sites (tertiary alicyclic amines) is 1. The number of carbonyl (C=O) groups excluding carboxylic acids is 1. The molecule has 0 radical (unpaired) electrons. The summed E-state index contributed by atoms with van der Waals surface area (Å²) in [4.78, 5) is 55.4. The maximum absolute atomic E-state index is 13.1. The minimum atomic E-state index is -0.549. The van der Waals surface area contributed by atoms with Gasteiger partial charge in [-0.1, -0.05) is 0 Å². The number of aliphatic hydroxyl groups is 1. The molecule has 12 heteroatoms. The number of hydrogen-bond donors (Lipinski definition) is 2. The van der Waals surface area contributed by atoms with Gasteiger partial charge in [-0.05, 0) is 43.2 Å². The SMILES string of the molecule is O=C(CO)N1CCC(n2c(=O)[nH]c(=O)c3cnc4ccc(-c5ccc(-n6cccn6)nc5)nc4c32)CC1. The third-order valence-corrected chi connectivity index (χ3v) is 6.71. The van der Waals surface area contributed by atoms with E-state index in [1.807, 2.05) is 24.3 Å². The van der Waals surface area contributed by atoms with Gasteiger partial charge in [0, 0.05) is 49.5 Å². The lowest BCUT2D eigenvalue weighted by Crippen LogP contribution is -2.43. The zero-order valence-corrected chi connectivity index (χ0v) is 19.6. The van der Waals surface area contributed by atoms with Crippen LogP contribution in [0.15, 0.2) is 64.7 Å². The van der Waals surface area contributed by atoms with E-state index in [4.69, 9.17) is 4.98 Å². The van der Waals surface area contributed by atoms with Gasteiger partial charge in [0.2, 0.25) is 5.91 Å². The van der Waals surface area contributed by atoms with Crippen molar-refractivity contribution in [3.05, 3.63) is 76.0 Å². The summed E-state index contributed by atoms with van der Waals surface area (Å²) in [5, 5.41) is 13.6. The highest BCUT2D eigenvalue weighted by atomic mass is 16.3. The van der Waals surface area contributed by atoms with Gasteiger partial charge in [-0.15, -0.1) is 0 Å². The largest absolute Gasteiger partial charge is 0.387 e. The number of rotatable bonds is 4. The molecule has 6 heterocycles. The first-order chi connectivity index (χ1) is 18.0. The van der Waals surface area contributed by atoms with Crippen molar-refractivity contribution >= 4 is 27.8 Å². The predicted octanol–water partition coefficient (Wildman–Crippen LogP) is 1.04. The van der Waals surface area contributed by atoms with Gasteiger partial charge in [-0.2, -0.15) is 5.10 Å². The first kappa shape index (κ1) is 22.7. The molecule has 0 aromatic carbocycles. The van der Waals surface area contributed by atoms with E-state index in [0.29, 0.717) is 54.0 Å². The molecule has 0 bridgehead atoms. The van der Waals surface area contributed by atoms with Crippen molar-refractivity contribution < 1.29 is 9.90 Å². The lowest BCUT2D eigenvalue weighted by Gasteiger charge is -2.33. The van der Waals surface area contributed by atoms with Crippen LogP contribution in [0.4, 0.5) is 0 Å². The van der Waals surface area contributed by atoms with Gasteiger partial charge in [0.1, 0.15) is 12.1 Å². The van der Waals surface area contributed by atoms with Crippen molar-refractivity contribution in [1.82, 2.24) is 39.2 Å². The Morgan fingerprint density at radius 1 is 1.08 bits per heavy atom. The van der Waals surface area contributed by atoms with Gasteiger partial charge >= 0.3 is 5.69 Å². The molecule has 5 aromatic rings. The molecule has 0 unspecified atom stereocenters. The summed E-state index contributed by atoms with van der Waals surface area (Å²) < 4.78 is 3.22. The van der Waals surface area contributed by atoms with E-state index in [0.717, 1.165) is 5.56 Å². The van der Waals surface area contributed by atoms with Crippen LogP contribution in [0.3, 0.4) is 0 Å². The molecular weight excluding hydrogens is 476 g/mol. The Bertz CT molecular complexity index is 1730. The zero-order chi connectivity index (χ0) is 25.5. The number of pyridine rings is 3. The minimum absolute atomic E-state index is 0.262. The molecule has 1 fully saturated rings. The summed E-state index contributed by atoms with van der Waals surface area (Å²) in [6.07, 6.45) is 7.61. The van der Waals surface area contributed by atoms with Gasteiger partial charge < -0.3 is 10.0 Å². The number of aromatic nitrogens is 7. The molecule has 6 rings (SSSR count). The molecule has 1 aliphatic heterocycles. The summed E-state index contributed by atoms with van der Waals surface area (Å²) in [5.74, 6) is 0.318. The molecule has 0 aliphatic carbocycles. The number of aliphatic hydroxyl groups excluding tert-OH is 1. The average molecular weight is 499 g/mol. The maximum atomic E-state index is 13.1. The summed E-state index contributed by atoms with van der Waals surface area (Å²) in [5.41, 5.74) is 1.69. The molecule has 0 saturated carbocycles. The number of piperidine rings is 1. The van der Waals surface area contributed by atoms with Crippen molar-refractivity contribution in [3.63, 3.8) is 0 Å². The van der Waals surface area contributed by atoms with E-state index in [2.05, 4.69) is 20.1 Å². The normalized spacial score (nSPS) is 14.5. The molecule has 37 heavy (non-hydrogen) atoms. The van der Waals surface area contributed by atoms with Crippen LogP contribution in [0.5, 0.6) is 0 Å².